The second-order valence-electron chi connectivity index (χ2n) is 4.89. The summed E-state index contributed by atoms with van der Waals surface area (Å²) in [4.78, 5) is 12.1. The quantitative estimate of drug-likeness (QED) is 0.902. The van der Waals surface area contributed by atoms with Crippen molar-refractivity contribution in [2.75, 3.05) is 12.4 Å². The predicted molar refractivity (Wildman–Crippen MR) is 75.8 cm³/mol. The van der Waals surface area contributed by atoms with Gasteiger partial charge in [0.05, 0.1) is 7.11 Å². The average Bonchev–Trinajstić information content (AvgIpc) is 2.47. The highest BCUT2D eigenvalue weighted by atomic mass is 19.4. The maximum absolute atomic E-state index is 13.2. The fourth-order valence-corrected chi connectivity index (χ4v) is 2.15. The van der Waals surface area contributed by atoms with E-state index in [9.17, 15) is 18.0 Å². The molecule has 1 aliphatic carbocycles. The van der Waals surface area contributed by atoms with Crippen LogP contribution in [-0.2, 0) is 9.53 Å². The number of para-hydroxylation sites is 1. The molecule has 0 aromatic heterocycles. The number of methoxy groups -OCH3 is 1. The first kappa shape index (κ1) is 16.1. The number of nitrogens with two attached hydrogens (primary N) is 1. The second kappa shape index (κ2) is 5.84. The molecule has 0 saturated heterocycles. The van der Waals surface area contributed by atoms with E-state index in [1.54, 1.807) is 30.3 Å². The minimum atomic E-state index is -4.73. The van der Waals surface area contributed by atoms with Gasteiger partial charge < -0.3 is 15.8 Å². The van der Waals surface area contributed by atoms with E-state index in [1.807, 2.05) is 0 Å². The number of carbonyl (C=O) groups excluding carboxylic acids is 1. The van der Waals surface area contributed by atoms with Crippen LogP contribution >= 0.6 is 0 Å². The molecule has 1 aromatic rings. The Morgan fingerprint density at radius 1 is 1.27 bits per heavy atom. The van der Waals surface area contributed by atoms with Gasteiger partial charge in [0, 0.05) is 17.7 Å². The molecule has 0 bridgehead atoms. The number of amides is 1. The third kappa shape index (κ3) is 2.99. The van der Waals surface area contributed by atoms with Crippen molar-refractivity contribution in [3.8, 4) is 0 Å². The van der Waals surface area contributed by atoms with Crippen molar-refractivity contribution in [3.05, 3.63) is 53.8 Å². The fourth-order valence-electron chi connectivity index (χ4n) is 2.15. The van der Waals surface area contributed by atoms with Gasteiger partial charge in [-0.1, -0.05) is 24.3 Å². The highest BCUT2D eigenvalue weighted by Crippen LogP contribution is 2.41. The van der Waals surface area contributed by atoms with Crippen LogP contribution in [0.25, 0.3) is 0 Å². The van der Waals surface area contributed by atoms with Crippen molar-refractivity contribution >= 4 is 11.6 Å². The van der Waals surface area contributed by atoms with Crippen molar-refractivity contribution in [2.45, 2.75) is 18.1 Å². The Morgan fingerprint density at radius 2 is 1.91 bits per heavy atom. The number of hydrogen-bond acceptors (Lipinski definition) is 3. The van der Waals surface area contributed by atoms with Crippen molar-refractivity contribution in [1.82, 2.24) is 0 Å². The molecule has 1 unspecified atom stereocenters. The first-order chi connectivity index (χ1) is 10.3. The minimum Gasteiger partial charge on any atom is -0.499 e. The first-order valence-corrected chi connectivity index (χ1v) is 6.45. The Balaban J connectivity index is 2.24. The number of anilines is 1. The largest absolute Gasteiger partial charge is 0.499 e. The molecule has 0 fully saturated rings. The molecule has 0 spiro atoms. The summed E-state index contributed by atoms with van der Waals surface area (Å²) in [7, 11) is 1.11. The standard InChI is InChI=1S/C15H15F3N2O2/c1-22-12-8-7-10(9-14(12,19)15(16,17)18)13(21)20-11-5-3-2-4-6-11/h2-8H,9,19H2,1H3,(H,20,21). The highest BCUT2D eigenvalue weighted by Gasteiger charge is 2.57. The van der Waals surface area contributed by atoms with Crippen LogP contribution in [0, 0.1) is 0 Å². The lowest BCUT2D eigenvalue weighted by Gasteiger charge is -2.35. The summed E-state index contributed by atoms with van der Waals surface area (Å²) in [6.07, 6.45) is -3.05. The van der Waals surface area contributed by atoms with E-state index in [2.05, 4.69) is 5.32 Å². The summed E-state index contributed by atoms with van der Waals surface area (Å²) in [6, 6.07) is 8.44. The number of halogens is 3. The summed E-state index contributed by atoms with van der Waals surface area (Å²) in [6.45, 7) is 0. The zero-order valence-corrected chi connectivity index (χ0v) is 11.8. The van der Waals surface area contributed by atoms with E-state index >= 15 is 0 Å². The maximum atomic E-state index is 13.2. The van der Waals surface area contributed by atoms with Gasteiger partial charge in [-0.3, -0.25) is 4.79 Å². The van der Waals surface area contributed by atoms with Crippen molar-refractivity contribution in [2.24, 2.45) is 5.73 Å². The lowest BCUT2D eigenvalue weighted by molar-refractivity contribution is -0.183. The van der Waals surface area contributed by atoms with Gasteiger partial charge in [-0.05, 0) is 18.2 Å². The highest BCUT2D eigenvalue weighted by molar-refractivity contribution is 6.04. The molecule has 1 aliphatic rings. The lowest BCUT2D eigenvalue weighted by Crippen LogP contribution is -2.56. The van der Waals surface area contributed by atoms with E-state index in [-0.39, 0.29) is 5.57 Å². The summed E-state index contributed by atoms with van der Waals surface area (Å²) < 4.78 is 44.4. The number of allylic oxidation sites excluding steroid dienone is 2. The van der Waals surface area contributed by atoms with Crippen LogP contribution in [0.4, 0.5) is 18.9 Å². The molecule has 0 heterocycles. The molecule has 3 N–H and O–H groups in total. The van der Waals surface area contributed by atoms with Gasteiger partial charge in [0.2, 0.25) is 0 Å². The Morgan fingerprint density at radius 3 is 2.45 bits per heavy atom. The molecule has 1 atom stereocenters. The minimum absolute atomic E-state index is 0.0653. The molecule has 7 heteroatoms. The van der Waals surface area contributed by atoms with E-state index in [0.29, 0.717) is 5.69 Å². The number of rotatable bonds is 3. The van der Waals surface area contributed by atoms with Crippen LogP contribution in [0.2, 0.25) is 0 Å². The molecule has 4 nitrogen and oxygen atoms in total. The third-order valence-corrected chi connectivity index (χ3v) is 3.39. The normalized spacial score (nSPS) is 21.7. The Bertz CT molecular complexity index is 623. The van der Waals surface area contributed by atoms with Gasteiger partial charge >= 0.3 is 6.18 Å². The van der Waals surface area contributed by atoms with Crippen molar-refractivity contribution < 1.29 is 22.7 Å². The molecular formula is C15H15F3N2O2. The predicted octanol–water partition coefficient (Wildman–Crippen LogP) is 2.75. The number of carbonyl (C=O) groups is 1. The zero-order valence-electron chi connectivity index (χ0n) is 11.8. The molecular weight excluding hydrogens is 297 g/mol. The third-order valence-electron chi connectivity index (χ3n) is 3.39. The van der Waals surface area contributed by atoms with Gasteiger partial charge in [0.25, 0.3) is 5.91 Å². The molecule has 1 aromatic carbocycles. The van der Waals surface area contributed by atoms with Gasteiger partial charge in [-0.15, -0.1) is 0 Å². The van der Waals surface area contributed by atoms with Crippen molar-refractivity contribution in [3.63, 3.8) is 0 Å². The number of hydrogen-bond donors (Lipinski definition) is 2. The number of alkyl halides is 3. The van der Waals surface area contributed by atoms with Crippen LogP contribution in [0.15, 0.2) is 53.8 Å². The van der Waals surface area contributed by atoms with E-state index in [1.165, 1.54) is 6.08 Å². The van der Waals surface area contributed by atoms with Crippen LogP contribution in [0.1, 0.15) is 6.42 Å². The molecule has 22 heavy (non-hydrogen) atoms. The number of benzene rings is 1. The maximum Gasteiger partial charge on any atom is 0.413 e. The monoisotopic (exact) mass is 312 g/mol. The smallest absolute Gasteiger partial charge is 0.413 e. The molecule has 118 valence electrons. The molecule has 2 rings (SSSR count). The zero-order chi connectivity index (χ0) is 16.4. The Kier molecular flexibility index (Phi) is 4.27. The number of ether oxygens (including phenoxy) is 1. The van der Waals surface area contributed by atoms with Gasteiger partial charge in [0.1, 0.15) is 5.76 Å². The lowest BCUT2D eigenvalue weighted by atomic mass is 9.84. The average molecular weight is 312 g/mol. The molecule has 0 saturated carbocycles. The van der Waals surface area contributed by atoms with Gasteiger partial charge in [0.15, 0.2) is 5.54 Å². The van der Waals surface area contributed by atoms with Gasteiger partial charge in [-0.25, -0.2) is 0 Å². The topological polar surface area (TPSA) is 64.3 Å². The second-order valence-corrected chi connectivity index (χ2v) is 4.89. The van der Waals surface area contributed by atoms with Crippen LogP contribution in [-0.4, -0.2) is 24.7 Å². The molecule has 0 radical (unpaired) electrons. The summed E-state index contributed by atoms with van der Waals surface area (Å²) in [5, 5.41) is 2.53. The summed E-state index contributed by atoms with van der Waals surface area (Å²) in [5.74, 6) is -1.05. The van der Waals surface area contributed by atoms with Crippen LogP contribution in [0.3, 0.4) is 0 Å². The van der Waals surface area contributed by atoms with E-state index in [0.717, 1.165) is 13.2 Å². The van der Waals surface area contributed by atoms with E-state index < -0.39 is 29.8 Å². The summed E-state index contributed by atoms with van der Waals surface area (Å²) >= 11 is 0. The molecule has 0 aliphatic heterocycles. The Labute approximate surface area is 125 Å². The van der Waals surface area contributed by atoms with Gasteiger partial charge in [-0.2, -0.15) is 13.2 Å². The SMILES string of the molecule is COC1=CC=C(C(=O)Nc2ccccc2)CC1(N)C(F)(F)F. The molecule has 1 amide bonds. The van der Waals surface area contributed by atoms with E-state index in [4.69, 9.17) is 10.5 Å². The Hall–Kier alpha value is -2.28. The fraction of sp³-hybridized carbons (Fsp3) is 0.267. The summed E-state index contributed by atoms with van der Waals surface area (Å²) in [5.41, 5.74) is 3.19. The van der Waals surface area contributed by atoms with Crippen molar-refractivity contribution in [1.29, 1.82) is 0 Å². The first-order valence-electron chi connectivity index (χ1n) is 6.45. The van der Waals surface area contributed by atoms with Crippen LogP contribution in [0.5, 0.6) is 0 Å². The van der Waals surface area contributed by atoms with Crippen LogP contribution < -0.4 is 11.1 Å². The number of nitrogens with one attached hydrogen (secondary N) is 1.